The van der Waals surface area contributed by atoms with Gasteiger partial charge in [-0.15, -0.1) is 0 Å². The predicted molar refractivity (Wildman–Crippen MR) is 87.9 cm³/mol. The van der Waals surface area contributed by atoms with Crippen LogP contribution < -0.4 is 5.73 Å². The molecule has 0 fully saturated rings. The molecule has 0 bridgehead atoms. The molecule has 0 radical (unpaired) electrons. The number of nitrogens with zero attached hydrogens (tertiary/aromatic N) is 2. The number of aryl methyl sites for hydroxylation is 1. The van der Waals surface area contributed by atoms with Crippen molar-refractivity contribution in [3.05, 3.63) is 65.5 Å². The minimum absolute atomic E-state index is 0.101. The highest BCUT2D eigenvalue weighted by Gasteiger charge is 2.23. The molecule has 21 heavy (non-hydrogen) atoms. The number of hydrogen-bond donors (Lipinski definition) is 1. The molecule has 0 spiro atoms. The first-order valence-electron chi connectivity index (χ1n) is 7.53. The van der Waals surface area contributed by atoms with Gasteiger partial charge in [0.1, 0.15) is 0 Å². The summed E-state index contributed by atoms with van der Waals surface area (Å²) in [6.45, 7) is 5.14. The van der Waals surface area contributed by atoms with Crippen LogP contribution in [0, 0.1) is 6.92 Å². The number of rotatable bonds is 6. The van der Waals surface area contributed by atoms with Crippen LogP contribution >= 0.6 is 0 Å². The summed E-state index contributed by atoms with van der Waals surface area (Å²) in [5.41, 5.74) is 10.2. The van der Waals surface area contributed by atoms with Crippen molar-refractivity contribution in [1.29, 1.82) is 0 Å². The maximum atomic E-state index is 6.36. The van der Waals surface area contributed by atoms with Crippen molar-refractivity contribution >= 4 is 0 Å². The lowest BCUT2D eigenvalue weighted by molar-refractivity contribution is 0.201. The Kier molecular flexibility index (Phi) is 5.48. The Balaban J connectivity index is 2.20. The largest absolute Gasteiger partial charge is 0.326 e. The molecule has 2 N–H and O–H groups in total. The van der Waals surface area contributed by atoms with Crippen molar-refractivity contribution in [3.63, 3.8) is 0 Å². The Labute approximate surface area is 127 Å². The van der Waals surface area contributed by atoms with Crippen LogP contribution in [0.5, 0.6) is 0 Å². The molecule has 0 aliphatic carbocycles. The van der Waals surface area contributed by atoms with Crippen LogP contribution in [0.4, 0.5) is 0 Å². The summed E-state index contributed by atoms with van der Waals surface area (Å²) in [6, 6.07) is 13.0. The lowest BCUT2D eigenvalue weighted by atomic mass is 9.97. The molecule has 112 valence electrons. The van der Waals surface area contributed by atoms with Crippen LogP contribution in [0.3, 0.4) is 0 Å². The van der Waals surface area contributed by atoms with Crippen LogP contribution in [0.1, 0.15) is 36.1 Å². The van der Waals surface area contributed by atoms with E-state index in [0.717, 1.165) is 13.0 Å². The molecular formula is C18H25N3. The zero-order valence-electron chi connectivity index (χ0n) is 13.2. The second kappa shape index (κ2) is 7.34. The van der Waals surface area contributed by atoms with Crippen molar-refractivity contribution in [2.45, 2.75) is 38.9 Å². The second-order valence-corrected chi connectivity index (χ2v) is 5.71. The van der Waals surface area contributed by atoms with Gasteiger partial charge >= 0.3 is 0 Å². The Bertz CT molecular complexity index is 553. The summed E-state index contributed by atoms with van der Waals surface area (Å²) in [5, 5.41) is 0. The fourth-order valence-corrected chi connectivity index (χ4v) is 2.80. The molecule has 1 aromatic carbocycles. The fourth-order valence-electron chi connectivity index (χ4n) is 2.80. The van der Waals surface area contributed by atoms with E-state index in [1.54, 1.807) is 6.20 Å². The summed E-state index contributed by atoms with van der Waals surface area (Å²) >= 11 is 0. The minimum Gasteiger partial charge on any atom is -0.326 e. The van der Waals surface area contributed by atoms with Crippen LogP contribution in [-0.2, 0) is 6.54 Å². The van der Waals surface area contributed by atoms with Gasteiger partial charge in [-0.2, -0.15) is 0 Å². The highest BCUT2D eigenvalue weighted by molar-refractivity contribution is 5.23. The van der Waals surface area contributed by atoms with E-state index in [1.807, 2.05) is 12.3 Å². The molecule has 0 saturated carbocycles. The average Bonchev–Trinajstić information content (AvgIpc) is 2.48. The molecule has 2 rings (SSSR count). The average molecular weight is 283 g/mol. The first-order chi connectivity index (χ1) is 10.1. The third-order valence-electron chi connectivity index (χ3n) is 3.89. The number of nitrogens with two attached hydrogens (primary N) is 1. The molecule has 0 aliphatic rings. The molecule has 2 atom stereocenters. The highest BCUT2D eigenvalue weighted by Crippen LogP contribution is 2.25. The van der Waals surface area contributed by atoms with E-state index in [9.17, 15) is 0 Å². The molecule has 3 nitrogen and oxygen atoms in total. The summed E-state index contributed by atoms with van der Waals surface area (Å²) in [6.07, 6.45) is 4.67. The second-order valence-electron chi connectivity index (χ2n) is 5.71. The lowest BCUT2D eigenvalue weighted by Crippen LogP contribution is -2.38. The molecule has 1 heterocycles. The minimum atomic E-state index is 0.101. The topological polar surface area (TPSA) is 42.1 Å². The van der Waals surface area contributed by atoms with E-state index in [2.05, 4.69) is 61.1 Å². The number of aromatic nitrogens is 1. The molecular weight excluding hydrogens is 258 g/mol. The van der Waals surface area contributed by atoms with Gasteiger partial charge in [-0.05, 0) is 37.6 Å². The van der Waals surface area contributed by atoms with Crippen LogP contribution in [0.25, 0.3) is 0 Å². The van der Waals surface area contributed by atoms with E-state index >= 15 is 0 Å². The third-order valence-corrected chi connectivity index (χ3v) is 3.89. The SMILES string of the molecule is CCC(N)C(c1cccnc1)N(C)Cc1cccc(C)c1. The molecule has 3 heteroatoms. The van der Waals surface area contributed by atoms with Crippen molar-refractivity contribution in [2.24, 2.45) is 5.73 Å². The standard InChI is InChI=1S/C18H25N3/c1-4-17(19)18(16-9-6-10-20-12-16)21(3)13-15-8-5-7-14(2)11-15/h5-12,17-18H,4,13,19H2,1-3H3. The third kappa shape index (κ3) is 4.13. The normalized spacial score (nSPS) is 14.1. The summed E-state index contributed by atoms with van der Waals surface area (Å²) in [4.78, 5) is 6.56. The van der Waals surface area contributed by atoms with E-state index in [-0.39, 0.29) is 12.1 Å². The van der Waals surface area contributed by atoms with E-state index in [0.29, 0.717) is 0 Å². The first kappa shape index (κ1) is 15.7. The molecule has 0 saturated heterocycles. The van der Waals surface area contributed by atoms with E-state index in [4.69, 9.17) is 5.73 Å². The van der Waals surface area contributed by atoms with Gasteiger partial charge in [0, 0.05) is 25.0 Å². The maximum absolute atomic E-state index is 6.36. The summed E-state index contributed by atoms with van der Waals surface area (Å²) < 4.78 is 0. The van der Waals surface area contributed by atoms with Gasteiger partial charge < -0.3 is 5.73 Å². The Morgan fingerprint density at radius 2 is 2.05 bits per heavy atom. The number of pyridine rings is 1. The van der Waals surface area contributed by atoms with Gasteiger partial charge in [-0.1, -0.05) is 42.8 Å². The maximum Gasteiger partial charge on any atom is 0.0514 e. The Morgan fingerprint density at radius 1 is 1.24 bits per heavy atom. The molecule has 0 aliphatic heterocycles. The van der Waals surface area contributed by atoms with Crippen molar-refractivity contribution in [3.8, 4) is 0 Å². The lowest BCUT2D eigenvalue weighted by Gasteiger charge is -2.32. The molecule has 1 aromatic heterocycles. The van der Waals surface area contributed by atoms with Gasteiger partial charge in [0.2, 0.25) is 0 Å². The number of likely N-dealkylation sites (N-methyl/N-ethyl adjacent to an activating group) is 1. The quantitative estimate of drug-likeness (QED) is 0.884. The van der Waals surface area contributed by atoms with Gasteiger partial charge in [-0.3, -0.25) is 9.88 Å². The van der Waals surface area contributed by atoms with Crippen molar-refractivity contribution < 1.29 is 0 Å². The van der Waals surface area contributed by atoms with Crippen LogP contribution in [-0.4, -0.2) is 23.0 Å². The summed E-state index contributed by atoms with van der Waals surface area (Å²) in [7, 11) is 2.13. The fraction of sp³-hybridized carbons (Fsp3) is 0.389. The highest BCUT2D eigenvalue weighted by atomic mass is 15.1. The Hall–Kier alpha value is -1.71. The predicted octanol–water partition coefficient (Wildman–Crippen LogP) is 3.30. The molecule has 2 unspecified atom stereocenters. The van der Waals surface area contributed by atoms with Gasteiger partial charge in [0.05, 0.1) is 6.04 Å². The van der Waals surface area contributed by atoms with Gasteiger partial charge in [0.25, 0.3) is 0 Å². The monoisotopic (exact) mass is 283 g/mol. The first-order valence-corrected chi connectivity index (χ1v) is 7.53. The van der Waals surface area contributed by atoms with Crippen molar-refractivity contribution in [2.75, 3.05) is 7.05 Å². The van der Waals surface area contributed by atoms with E-state index in [1.165, 1.54) is 16.7 Å². The Morgan fingerprint density at radius 3 is 2.67 bits per heavy atom. The van der Waals surface area contributed by atoms with Crippen molar-refractivity contribution in [1.82, 2.24) is 9.88 Å². The molecule has 0 amide bonds. The zero-order valence-corrected chi connectivity index (χ0v) is 13.2. The van der Waals surface area contributed by atoms with Crippen LogP contribution in [0.2, 0.25) is 0 Å². The smallest absolute Gasteiger partial charge is 0.0514 e. The number of benzene rings is 1. The van der Waals surface area contributed by atoms with Crippen LogP contribution in [0.15, 0.2) is 48.8 Å². The van der Waals surface area contributed by atoms with Gasteiger partial charge in [-0.25, -0.2) is 0 Å². The zero-order chi connectivity index (χ0) is 15.2. The summed E-state index contributed by atoms with van der Waals surface area (Å²) in [5.74, 6) is 0. The molecule has 2 aromatic rings. The number of hydrogen-bond acceptors (Lipinski definition) is 3. The van der Waals surface area contributed by atoms with Gasteiger partial charge in [0.15, 0.2) is 0 Å². The van der Waals surface area contributed by atoms with E-state index < -0.39 is 0 Å².